The number of fused-ring (bicyclic) bond motifs is 1. The first kappa shape index (κ1) is 16.4. The lowest BCUT2D eigenvalue weighted by Gasteiger charge is -2.28. The monoisotopic (exact) mass is 342 g/mol. The third kappa shape index (κ3) is 3.35. The third-order valence-corrected chi connectivity index (χ3v) is 5.60. The van der Waals surface area contributed by atoms with E-state index in [4.69, 9.17) is 0 Å². The molecule has 134 valence electrons. The number of hydrogen-bond acceptors (Lipinski definition) is 4. The fourth-order valence-corrected chi connectivity index (χ4v) is 4.17. The molecule has 1 amide bonds. The van der Waals surface area contributed by atoms with Crippen molar-refractivity contribution >= 4 is 17.1 Å². The smallest absolute Gasteiger partial charge is 0.255 e. The van der Waals surface area contributed by atoms with Gasteiger partial charge in [-0.05, 0) is 50.2 Å². The molecule has 2 aromatic heterocycles. The molecule has 0 radical (unpaired) electrons. The molecule has 0 spiro atoms. The van der Waals surface area contributed by atoms with Gasteiger partial charge in [0, 0.05) is 37.6 Å². The van der Waals surface area contributed by atoms with Crippen LogP contribution in [0, 0.1) is 5.92 Å². The van der Waals surface area contributed by atoms with Crippen LogP contribution in [0.3, 0.4) is 0 Å². The van der Waals surface area contributed by atoms with Gasteiger partial charge in [-0.3, -0.25) is 4.79 Å². The van der Waals surface area contributed by atoms with E-state index >= 15 is 0 Å². The van der Waals surface area contributed by atoms with Crippen molar-refractivity contribution < 1.29 is 9.90 Å². The van der Waals surface area contributed by atoms with Gasteiger partial charge in [0.1, 0.15) is 0 Å². The van der Waals surface area contributed by atoms with Crippen LogP contribution in [0.1, 0.15) is 48.9 Å². The summed E-state index contributed by atoms with van der Waals surface area (Å²) >= 11 is 0. The largest absolute Gasteiger partial charge is 0.396 e. The van der Waals surface area contributed by atoms with Gasteiger partial charge in [-0.25, -0.2) is 4.52 Å². The van der Waals surface area contributed by atoms with Crippen LogP contribution in [0.2, 0.25) is 0 Å². The van der Waals surface area contributed by atoms with Crippen LogP contribution < -0.4 is 10.2 Å². The molecule has 2 atom stereocenters. The fourth-order valence-electron chi connectivity index (χ4n) is 4.17. The van der Waals surface area contributed by atoms with Gasteiger partial charge < -0.3 is 15.3 Å². The van der Waals surface area contributed by atoms with Gasteiger partial charge in [-0.1, -0.05) is 6.42 Å². The van der Waals surface area contributed by atoms with Crippen LogP contribution in [0.25, 0.3) is 5.52 Å². The Bertz CT molecular complexity index is 751. The second-order valence-electron chi connectivity index (χ2n) is 7.35. The van der Waals surface area contributed by atoms with E-state index in [-0.39, 0.29) is 18.6 Å². The minimum absolute atomic E-state index is 0.0582. The number of pyridine rings is 1. The Morgan fingerprint density at radius 2 is 2.12 bits per heavy atom. The summed E-state index contributed by atoms with van der Waals surface area (Å²) in [6, 6.07) is 4.29. The third-order valence-electron chi connectivity index (χ3n) is 5.60. The SMILES string of the molecule is O=C(NC1CCCC(CO)C1)c1cnn2ccc(N3CCCC3)cc12. The zero-order chi connectivity index (χ0) is 17.2. The zero-order valence-corrected chi connectivity index (χ0v) is 14.5. The normalized spacial score (nSPS) is 24.0. The van der Waals surface area contributed by atoms with E-state index in [1.54, 1.807) is 10.7 Å². The molecule has 2 unspecified atom stereocenters. The molecule has 2 aliphatic rings. The molecule has 1 aliphatic heterocycles. The van der Waals surface area contributed by atoms with Crippen LogP contribution in [0.5, 0.6) is 0 Å². The Morgan fingerprint density at radius 1 is 1.28 bits per heavy atom. The van der Waals surface area contributed by atoms with Crippen molar-refractivity contribution in [2.24, 2.45) is 5.92 Å². The van der Waals surface area contributed by atoms with Gasteiger partial charge in [-0.15, -0.1) is 0 Å². The standard InChI is InChI=1S/C19H26N4O2/c24-13-14-4-3-5-15(10-14)21-19(25)17-12-20-23-9-6-16(11-18(17)23)22-7-1-2-8-22/h6,9,11-12,14-15,24H,1-5,7-8,10,13H2,(H,21,25). The molecular weight excluding hydrogens is 316 g/mol. The van der Waals surface area contributed by atoms with Crippen molar-refractivity contribution in [2.75, 3.05) is 24.6 Å². The lowest BCUT2D eigenvalue weighted by Crippen LogP contribution is -2.39. The number of carbonyl (C=O) groups is 1. The van der Waals surface area contributed by atoms with Crippen LogP contribution >= 0.6 is 0 Å². The predicted octanol–water partition coefficient (Wildman–Crippen LogP) is 2.22. The summed E-state index contributed by atoms with van der Waals surface area (Å²) in [5, 5.41) is 16.9. The molecule has 1 aliphatic carbocycles. The molecule has 2 aromatic rings. The van der Waals surface area contributed by atoms with Crippen LogP contribution in [-0.2, 0) is 0 Å². The Hall–Kier alpha value is -2.08. The number of carbonyl (C=O) groups excluding carboxylic acids is 1. The molecule has 3 heterocycles. The van der Waals surface area contributed by atoms with Gasteiger partial charge in [0.15, 0.2) is 0 Å². The van der Waals surface area contributed by atoms with Crippen LogP contribution in [0.15, 0.2) is 24.5 Å². The quantitative estimate of drug-likeness (QED) is 0.894. The second-order valence-corrected chi connectivity index (χ2v) is 7.35. The van der Waals surface area contributed by atoms with E-state index < -0.39 is 0 Å². The van der Waals surface area contributed by atoms with Crippen molar-refractivity contribution in [2.45, 2.75) is 44.6 Å². The van der Waals surface area contributed by atoms with Crippen LogP contribution in [-0.4, -0.2) is 46.4 Å². The van der Waals surface area contributed by atoms with E-state index in [0.29, 0.717) is 11.5 Å². The number of aliphatic hydroxyl groups is 1. The lowest BCUT2D eigenvalue weighted by molar-refractivity contribution is 0.0907. The molecule has 25 heavy (non-hydrogen) atoms. The highest BCUT2D eigenvalue weighted by atomic mass is 16.3. The highest BCUT2D eigenvalue weighted by Gasteiger charge is 2.24. The summed E-state index contributed by atoms with van der Waals surface area (Å²) in [7, 11) is 0. The second kappa shape index (κ2) is 7.04. The van der Waals surface area contributed by atoms with Gasteiger partial charge in [0.2, 0.25) is 0 Å². The molecule has 0 aromatic carbocycles. The number of aliphatic hydroxyl groups excluding tert-OH is 1. The van der Waals surface area contributed by atoms with E-state index in [9.17, 15) is 9.90 Å². The van der Waals surface area contributed by atoms with Crippen LogP contribution in [0.4, 0.5) is 5.69 Å². The molecule has 4 rings (SSSR count). The Balaban J connectivity index is 1.53. The number of amides is 1. The fraction of sp³-hybridized carbons (Fsp3) is 0.579. The minimum atomic E-state index is -0.0582. The zero-order valence-electron chi connectivity index (χ0n) is 14.5. The average Bonchev–Trinajstić information content (AvgIpc) is 3.31. The Kier molecular flexibility index (Phi) is 4.61. The van der Waals surface area contributed by atoms with Gasteiger partial charge in [0.05, 0.1) is 17.3 Å². The number of rotatable bonds is 4. The summed E-state index contributed by atoms with van der Waals surface area (Å²) in [5.41, 5.74) is 2.65. The van der Waals surface area contributed by atoms with Crippen molar-refractivity contribution in [1.82, 2.24) is 14.9 Å². The first-order valence-corrected chi connectivity index (χ1v) is 9.38. The first-order valence-electron chi connectivity index (χ1n) is 9.38. The molecule has 6 heteroatoms. The molecular formula is C19H26N4O2. The minimum Gasteiger partial charge on any atom is -0.396 e. The maximum absolute atomic E-state index is 12.8. The summed E-state index contributed by atoms with van der Waals surface area (Å²) < 4.78 is 1.77. The number of nitrogens with one attached hydrogen (secondary N) is 1. The van der Waals surface area contributed by atoms with Crippen molar-refractivity contribution in [3.05, 3.63) is 30.1 Å². The van der Waals surface area contributed by atoms with E-state index in [0.717, 1.165) is 50.0 Å². The maximum Gasteiger partial charge on any atom is 0.255 e. The summed E-state index contributed by atoms with van der Waals surface area (Å²) in [4.78, 5) is 15.1. The van der Waals surface area contributed by atoms with E-state index in [2.05, 4.69) is 27.4 Å². The number of nitrogens with zero attached hydrogens (tertiary/aromatic N) is 3. The maximum atomic E-state index is 12.8. The highest BCUT2D eigenvalue weighted by Crippen LogP contribution is 2.25. The van der Waals surface area contributed by atoms with Gasteiger partial charge in [-0.2, -0.15) is 5.10 Å². The highest BCUT2D eigenvalue weighted by molar-refractivity contribution is 6.01. The summed E-state index contributed by atoms with van der Waals surface area (Å²) in [6.07, 6.45) is 10.0. The van der Waals surface area contributed by atoms with Crippen molar-refractivity contribution in [1.29, 1.82) is 0 Å². The van der Waals surface area contributed by atoms with Crippen molar-refractivity contribution in [3.8, 4) is 0 Å². The summed E-state index contributed by atoms with van der Waals surface area (Å²) in [5.74, 6) is 0.252. The molecule has 6 nitrogen and oxygen atoms in total. The van der Waals surface area contributed by atoms with Crippen molar-refractivity contribution in [3.63, 3.8) is 0 Å². The van der Waals surface area contributed by atoms with Gasteiger partial charge in [0.25, 0.3) is 5.91 Å². The number of aromatic nitrogens is 2. The molecule has 2 fully saturated rings. The average molecular weight is 342 g/mol. The number of hydrogen-bond donors (Lipinski definition) is 2. The molecule has 0 bridgehead atoms. The van der Waals surface area contributed by atoms with E-state index in [1.165, 1.54) is 12.8 Å². The van der Waals surface area contributed by atoms with Gasteiger partial charge >= 0.3 is 0 Å². The Labute approximate surface area is 147 Å². The molecule has 1 saturated carbocycles. The molecule has 1 saturated heterocycles. The first-order chi connectivity index (χ1) is 12.2. The van der Waals surface area contributed by atoms with E-state index in [1.807, 2.05) is 6.20 Å². The lowest BCUT2D eigenvalue weighted by atomic mass is 9.86. The molecule has 2 N–H and O–H groups in total. The topological polar surface area (TPSA) is 69.9 Å². The number of anilines is 1. The Morgan fingerprint density at radius 3 is 2.92 bits per heavy atom. The summed E-state index contributed by atoms with van der Waals surface area (Å²) in [6.45, 7) is 2.37. The predicted molar refractivity (Wildman–Crippen MR) is 96.9 cm³/mol.